The van der Waals surface area contributed by atoms with E-state index < -0.39 is 11.5 Å². The third-order valence-corrected chi connectivity index (χ3v) is 6.20. The molecule has 4 nitrogen and oxygen atoms in total. The molecule has 1 heterocycles. The maximum absolute atomic E-state index is 11.8. The van der Waals surface area contributed by atoms with E-state index in [1.54, 1.807) is 30.5 Å². The van der Waals surface area contributed by atoms with Crippen LogP contribution in [-0.2, 0) is 16.5 Å². The van der Waals surface area contributed by atoms with Gasteiger partial charge >= 0.3 is 16.5 Å². The molecule has 0 saturated heterocycles. The van der Waals surface area contributed by atoms with Crippen molar-refractivity contribution in [1.82, 2.24) is 4.98 Å². The van der Waals surface area contributed by atoms with Gasteiger partial charge in [0.25, 0.3) is 0 Å². The van der Waals surface area contributed by atoms with E-state index >= 15 is 0 Å². The molecule has 0 fully saturated rings. The number of aromatic nitrogens is 1. The third kappa shape index (κ3) is 6.18. The fourth-order valence-corrected chi connectivity index (χ4v) is 4.32. The third-order valence-electron chi connectivity index (χ3n) is 6.20. The number of aliphatic imine (C=N–C) groups is 1. The Balaban J connectivity index is 0.000000204. The van der Waals surface area contributed by atoms with Crippen molar-refractivity contribution in [2.45, 2.75) is 39.5 Å². The van der Waals surface area contributed by atoms with Gasteiger partial charge in [-0.25, -0.2) is 0 Å². The van der Waals surface area contributed by atoms with Crippen LogP contribution in [0.3, 0.4) is 0 Å². The zero-order valence-corrected chi connectivity index (χ0v) is 22.4. The Morgan fingerprint density at radius 3 is 1.51 bits per heavy atom. The first-order chi connectivity index (χ1) is 17.4. The second-order valence-electron chi connectivity index (χ2n) is 9.36. The van der Waals surface area contributed by atoms with Crippen molar-refractivity contribution in [3.05, 3.63) is 108 Å². The number of hydrogen-bond acceptors (Lipinski definition) is 4. The van der Waals surface area contributed by atoms with Crippen LogP contribution in [0.25, 0.3) is 21.5 Å². The fourth-order valence-electron chi connectivity index (χ4n) is 4.32. The summed E-state index contributed by atoms with van der Waals surface area (Å²) in [6.45, 7) is 8.83. The Kier molecular flexibility index (Phi) is 9.44. The molecule has 0 radical (unpaired) electrons. The van der Waals surface area contributed by atoms with Crippen LogP contribution < -0.4 is 10.2 Å². The summed E-state index contributed by atoms with van der Waals surface area (Å²) >= 11 is 0. The summed E-state index contributed by atoms with van der Waals surface area (Å²) in [4.78, 5) is 9.02. The predicted octanol–water partition coefficient (Wildman–Crippen LogP) is 7.22. The Morgan fingerprint density at radius 2 is 1.08 bits per heavy atom. The van der Waals surface area contributed by atoms with Gasteiger partial charge in [-0.3, -0.25) is 9.98 Å². The van der Waals surface area contributed by atoms with Gasteiger partial charge in [0.05, 0.1) is 17.6 Å². The van der Waals surface area contributed by atoms with Crippen molar-refractivity contribution < 1.29 is 26.7 Å². The van der Waals surface area contributed by atoms with Crippen molar-refractivity contribution in [2.24, 2.45) is 4.99 Å². The van der Waals surface area contributed by atoms with Crippen molar-refractivity contribution in [1.29, 1.82) is 0 Å². The molecular weight excluding hydrogens is 503 g/mol. The molecule has 0 aliphatic rings. The van der Waals surface area contributed by atoms with E-state index in [-0.39, 0.29) is 16.5 Å². The van der Waals surface area contributed by atoms with E-state index in [0.29, 0.717) is 22.6 Å². The summed E-state index contributed by atoms with van der Waals surface area (Å²) in [7, 11) is 0. The first-order valence-corrected chi connectivity index (χ1v) is 12.2. The molecule has 5 rings (SSSR count). The average molecular weight is 533 g/mol. The summed E-state index contributed by atoms with van der Waals surface area (Å²) in [5, 5.41) is 26.4. The number of rotatable bonds is 4. The second-order valence-corrected chi connectivity index (χ2v) is 9.36. The Bertz CT molecular complexity index is 1430. The van der Waals surface area contributed by atoms with Crippen LogP contribution in [-0.4, -0.2) is 11.2 Å². The molecule has 0 aliphatic carbocycles. The van der Waals surface area contributed by atoms with Crippen molar-refractivity contribution in [2.75, 3.05) is 0 Å². The molecule has 0 atom stereocenters. The summed E-state index contributed by atoms with van der Waals surface area (Å²) < 4.78 is 0. The predicted molar refractivity (Wildman–Crippen MR) is 146 cm³/mol. The normalized spacial score (nSPS) is 11.1. The largest absolute Gasteiger partial charge is 2.00 e. The SMILES string of the molecule is CC(C)c1cccc(C(C)C)c1N=Cc1ccccn1.[Ni+2].[O-]c1c([O-])c2ccccc2c2ccccc12. The van der Waals surface area contributed by atoms with Gasteiger partial charge in [-0.1, -0.05) is 100 Å². The van der Waals surface area contributed by atoms with E-state index in [4.69, 9.17) is 4.99 Å². The summed E-state index contributed by atoms with van der Waals surface area (Å²) in [5.41, 5.74) is 4.58. The molecule has 5 heteroatoms. The molecule has 190 valence electrons. The molecule has 0 N–H and O–H groups in total. The van der Waals surface area contributed by atoms with Crippen LogP contribution >= 0.6 is 0 Å². The van der Waals surface area contributed by atoms with Gasteiger partial charge in [0.2, 0.25) is 0 Å². The standard InChI is InChI=1S/C18H22N2.C14H10O2.Ni/c1-13(2)16-9-7-10-17(14(3)4)18(16)20-12-15-8-5-6-11-19-15;15-13-11-7-3-1-5-9(11)10-6-2-4-8-12(10)14(13)16;/h5-14H,1-4H3;1-8,15-16H;/q;;+2/p-2. The van der Waals surface area contributed by atoms with Crippen LogP contribution in [0.2, 0.25) is 0 Å². The zero-order chi connectivity index (χ0) is 25.7. The molecule has 0 saturated carbocycles. The van der Waals surface area contributed by atoms with Crippen LogP contribution in [0.1, 0.15) is 56.4 Å². The molecule has 37 heavy (non-hydrogen) atoms. The first-order valence-electron chi connectivity index (χ1n) is 12.2. The zero-order valence-electron chi connectivity index (χ0n) is 21.4. The first kappa shape index (κ1) is 27.9. The fraction of sp³-hybridized carbons (Fsp3) is 0.188. The molecular formula is C32H30N2NiO2. The van der Waals surface area contributed by atoms with Gasteiger partial charge in [0.15, 0.2) is 0 Å². The van der Waals surface area contributed by atoms with Crippen LogP contribution in [0.5, 0.6) is 11.5 Å². The Hall–Kier alpha value is -3.69. The molecule has 0 amide bonds. The van der Waals surface area contributed by atoms with E-state index in [9.17, 15) is 10.2 Å². The molecule has 0 spiro atoms. The van der Waals surface area contributed by atoms with E-state index in [1.165, 1.54) is 11.1 Å². The van der Waals surface area contributed by atoms with E-state index in [2.05, 4.69) is 50.9 Å². The number of fused-ring (bicyclic) bond motifs is 3. The molecule has 0 unspecified atom stereocenters. The number of hydrogen-bond donors (Lipinski definition) is 0. The van der Waals surface area contributed by atoms with Crippen LogP contribution in [0.15, 0.2) is 96.1 Å². The maximum atomic E-state index is 11.8. The maximum Gasteiger partial charge on any atom is 2.00 e. The summed E-state index contributed by atoms with van der Waals surface area (Å²) in [6, 6.07) is 26.8. The Labute approximate surface area is 228 Å². The quantitative estimate of drug-likeness (QED) is 0.139. The van der Waals surface area contributed by atoms with Gasteiger partial charge < -0.3 is 10.2 Å². The van der Waals surface area contributed by atoms with Gasteiger partial charge in [-0.2, -0.15) is 0 Å². The Morgan fingerprint density at radius 1 is 0.622 bits per heavy atom. The second kappa shape index (κ2) is 12.5. The van der Waals surface area contributed by atoms with Gasteiger partial charge in [0, 0.05) is 6.20 Å². The van der Waals surface area contributed by atoms with Crippen molar-refractivity contribution >= 4 is 33.4 Å². The summed E-state index contributed by atoms with van der Waals surface area (Å²) in [6.07, 6.45) is 3.64. The smallest absolute Gasteiger partial charge is 0.872 e. The molecule has 5 aromatic rings. The minimum absolute atomic E-state index is 0. The minimum atomic E-state index is -0.408. The van der Waals surface area contributed by atoms with E-state index in [0.717, 1.165) is 22.2 Å². The number of pyridine rings is 1. The van der Waals surface area contributed by atoms with Gasteiger partial charge in [0.1, 0.15) is 0 Å². The average Bonchev–Trinajstić information content (AvgIpc) is 2.91. The number of nitrogens with zero attached hydrogens (tertiary/aromatic N) is 2. The van der Waals surface area contributed by atoms with Crippen molar-refractivity contribution in [3.8, 4) is 11.5 Å². The molecule has 4 aromatic carbocycles. The molecule has 0 aliphatic heterocycles. The van der Waals surface area contributed by atoms with Gasteiger partial charge in [-0.15, -0.1) is 11.5 Å². The van der Waals surface area contributed by atoms with Gasteiger partial charge in [-0.05, 0) is 56.6 Å². The molecule has 0 bridgehead atoms. The number of benzene rings is 4. The van der Waals surface area contributed by atoms with Crippen LogP contribution in [0, 0.1) is 0 Å². The molecule has 1 aromatic heterocycles. The minimum Gasteiger partial charge on any atom is -0.872 e. The number of para-hydroxylation sites is 1. The monoisotopic (exact) mass is 532 g/mol. The topological polar surface area (TPSA) is 71.4 Å². The van der Waals surface area contributed by atoms with E-state index in [1.807, 2.05) is 48.7 Å². The van der Waals surface area contributed by atoms with Crippen LogP contribution in [0.4, 0.5) is 5.69 Å². The van der Waals surface area contributed by atoms with Crippen molar-refractivity contribution in [3.63, 3.8) is 0 Å². The summed E-state index contributed by atoms with van der Waals surface area (Å²) in [5.74, 6) is 0.109.